The quantitative estimate of drug-likeness (QED) is 0.523. The third-order valence-electron chi connectivity index (χ3n) is 0.539. The fraction of sp³-hybridized carbons (Fsp3) is 0.333. The van der Waals surface area contributed by atoms with Crippen molar-refractivity contribution in [3.8, 4) is 0 Å². The summed E-state index contributed by atoms with van der Waals surface area (Å²) in [5, 5.41) is 0. The van der Waals surface area contributed by atoms with Gasteiger partial charge in [-0.2, -0.15) is 0 Å². The maximum Gasteiger partial charge on any atom is 0.129 e. The number of hydrogen-bond donors (Lipinski definition) is 1. The minimum Gasteiger partial charge on any atom is -0.328 e. The second-order valence-electron chi connectivity index (χ2n) is 1.11. The lowest BCUT2D eigenvalue weighted by molar-refractivity contribution is 1.33. The summed E-state index contributed by atoms with van der Waals surface area (Å²) in [6.45, 7) is 1.97. The van der Waals surface area contributed by atoms with Crippen LogP contribution in [0.3, 0.4) is 0 Å². The zero-order valence-corrected chi connectivity index (χ0v) is 4.37. The number of nitrogens with zero attached hydrogens (tertiary/aromatic N) is 1. The number of aromatic amines is 1. The molecule has 0 fully saturated rings. The van der Waals surface area contributed by atoms with Crippen LogP contribution in [0.5, 0.6) is 0 Å². The molecule has 6 heavy (non-hydrogen) atoms. The molecular weight excluding hydrogens is 95.0 g/mol. The van der Waals surface area contributed by atoms with E-state index in [1.54, 1.807) is 0 Å². The van der Waals surface area contributed by atoms with E-state index in [0.717, 1.165) is 14.2 Å². The van der Waals surface area contributed by atoms with E-state index in [1.807, 2.05) is 13.1 Å². The van der Waals surface area contributed by atoms with Crippen molar-refractivity contribution in [1.29, 1.82) is 0 Å². The molecule has 1 aromatic heterocycles. The van der Waals surface area contributed by atoms with E-state index < -0.39 is 0 Å². The average molecular weight is 100 g/mol. The van der Waals surface area contributed by atoms with Gasteiger partial charge in [-0.05, 0) is 6.92 Å². The predicted molar refractivity (Wildman–Crippen MR) is 25.8 cm³/mol. The van der Waals surface area contributed by atoms with Crippen LogP contribution in [0.4, 0.5) is 0 Å². The van der Waals surface area contributed by atoms with Gasteiger partial charge in [0.15, 0.2) is 0 Å². The van der Waals surface area contributed by atoms with Gasteiger partial charge in [0.05, 0.1) is 5.69 Å². The molecule has 0 atom stereocenters. The minimum absolute atomic E-state index is 0.968. The second-order valence-corrected chi connectivity index (χ2v) is 1.77. The Labute approximate surface area is 37.8 Å². The maximum absolute atomic E-state index is 3.96. The molecule has 1 heterocycles. The van der Waals surface area contributed by atoms with Crippen LogP contribution in [-0.4, -0.2) is 9.49 Å². The van der Waals surface area contributed by atoms with Crippen molar-refractivity contribution >= 4 is 8.51 Å². The number of H-pyrrole nitrogens is 1. The summed E-state index contributed by atoms with van der Waals surface area (Å²) in [5.41, 5.74) is 1.08. The molecule has 0 radical (unpaired) electrons. The van der Waals surface area contributed by atoms with Gasteiger partial charge in [-0.1, -0.05) is 0 Å². The van der Waals surface area contributed by atoms with Gasteiger partial charge in [0.25, 0.3) is 0 Å². The van der Waals surface area contributed by atoms with Crippen LogP contribution < -0.4 is 0 Å². The van der Waals surface area contributed by atoms with E-state index in [1.165, 1.54) is 0 Å². The Morgan fingerprint density at radius 1 is 2.00 bits per heavy atom. The highest BCUT2D eigenvalue weighted by Crippen LogP contribution is 1.93. The van der Waals surface area contributed by atoms with Crippen LogP contribution in [0.25, 0.3) is 0 Å². The van der Waals surface area contributed by atoms with Crippen molar-refractivity contribution in [1.82, 2.24) is 9.49 Å². The van der Waals surface area contributed by atoms with Crippen molar-refractivity contribution < 1.29 is 0 Å². The number of hydrogen-bond acceptors (Lipinski definition) is 1. The molecule has 32 valence electrons. The molecule has 0 amide bonds. The molecule has 0 saturated carbocycles. The Morgan fingerprint density at radius 3 is 3.00 bits per heavy atom. The first-order valence-corrected chi connectivity index (χ1v) is 2.57. The number of rotatable bonds is 0. The molecule has 0 aromatic carbocycles. The molecule has 2 nitrogen and oxygen atoms in total. The van der Waals surface area contributed by atoms with Gasteiger partial charge in [0.2, 0.25) is 0 Å². The molecule has 0 aliphatic rings. The molecule has 0 bridgehead atoms. The Balaban J connectivity index is 3.05. The number of aromatic nitrogens is 2. The summed E-state index contributed by atoms with van der Waals surface area (Å²) in [4.78, 5) is 0. The first-order chi connectivity index (χ1) is 2.89. The highest BCUT2D eigenvalue weighted by molar-refractivity contribution is 7.20. The Hall–Kier alpha value is -0.360. The molecule has 0 spiro atoms. The lowest BCUT2D eigenvalue weighted by Crippen LogP contribution is -1.58. The molecule has 1 rings (SSSR count). The van der Waals surface area contributed by atoms with Gasteiger partial charge >= 0.3 is 0 Å². The largest absolute Gasteiger partial charge is 0.328 e. The van der Waals surface area contributed by atoms with Crippen LogP contribution in [0.2, 0.25) is 0 Å². The topological polar surface area (TPSA) is 28.7 Å². The number of aryl methyl sites for hydroxylation is 1. The Kier molecular flexibility index (Phi) is 0.887. The maximum atomic E-state index is 3.96. The third-order valence-corrected chi connectivity index (χ3v) is 1.20. The SMILES string of the molecule is Cc1c[nH]pn1. The smallest absolute Gasteiger partial charge is 0.129 e. The van der Waals surface area contributed by atoms with E-state index in [-0.39, 0.29) is 0 Å². The van der Waals surface area contributed by atoms with Crippen LogP contribution >= 0.6 is 8.51 Å². The van der Waals surface area contributed by atoms with Crippen molar-refractivity contribution in [2.75, 3.05) is 0 Å². The van der Waals surface area contributed by atoms with E-state index in [0.29, 0.717) is 0 Å². The van der Waals surface area contributed by atoms with Crippen LogP contribution in [0, 0.1) is 6.92 Å². The summed E-state index contributed by atoms with van der Waals surface area (Å²) in [7, 11) is 0.968. The summed E-state index contributed by atoms with van der Waals surface area (Å²) in [6.07, 6.45) is 1.89. The molecule has 0 unspecified atom stereocenters. The lowest BCUT2D eigenvalue weighted by atomic mass is 10.6. The number of nitrogens with one attached hydrogen (secondary N) is 1. The third kappa shape index (κ3) is 0.575. The van der Waals surface area contributed by atoms with Crippen LogP contribution in [0.1, 0.15) is 5.69 Å². The Bertz CT molecular complexity index is 112. The molecule has 1 N–H and O–H groups in total. The van der Waals surface area contributed by atoms with Gasteiger partial charge in [-0.15, -0.1) is 0 Å². The molecule has 1 aromatic rings. The van der Waals surface area contributed by atoms with Gasteiger partial charge < -0.3 is 4.75 Å². The van der Waals surface area contributed by atoms with Crippen molar-refractivity contribution in [3.05, 3.63) is 11.9 Å². The Morgan fingerprint density at radius 2 is 2.83 bits per heavy atom. The van der Waals surface area contributed by atoms with Crippen molar-refractivity contribution in [2.24, 2.45) is 0 Å². The van der Waals surface area contributed by atoms with Gasteiger partial charge in [0.1, 0.15) is 8.51 Å². The fourth-order valence-electron chi connectivity index (χ4n) is 0.259. The van der Waals surface area contributed by atoms with Crippen LogP contribution in [-0.2, 0) is 0 Å². The highest BCUT2D eigenvalue weighted by atomic mass is 31.1. The van der Waals surface area contributed by atoms with Crippen LogP contribution in [0.15, 0.2) is 6.20 Å². The first-order valence-electron chi connectivity index (χ1n) is 1.72. The minimum atomic E-state index is 0.968. The van der Waals surface area contributed by atoms with E-state index in [9.17, 15) is 0 Å². The van der Waals surface area contributed by atoms with Gasteiger partial charge in [0, 0.05) is 6.20 Å². The second kappa shape index (κ2) is 1.39. The van der Waals surface area contributed by atoms with E-state index >= 15 is 0 Å². The fourth-order valence-corrected chi connectivity index (χ4v) is 0.777. The van der Waals surface area contributed by atoms with Gasteiger partial charge in [-0.3, -0.25) is 0 Å². The van der Waals surface area contributed by atoms with Crippen molar-refractivity contribution in [2.45, 2.75) is 6.92 Å². The summed E-state index contributed by atoms with van der Waals surface area (Å²) >= 11 is 0. The molecule has 0 aliphatic heterocycles. The highest BCUT2D eigenvalue weighted by Gasteiger charge is 1.75. The first kappa shape index (κ1) is 3.82. The van der Waals surface area contributed by atoms with Gasteiger partial charge in [-0.25, -0.2) is 4.75 Å². The normalized spacial score (nSPS) is 10.2. The van der Waals surface area contributed by atoms with E-state index in [2.05, 4.69) is 9.49 Å². The zero-order valence-electron chi connectivity index (χ0n) is 3.47. The molecule has 0 saturated heterocycles. The zero-order chi connectivity index (χ0) is 4.41. The average Bonchev–Trinajstić information content (AvgIpc) is 1.86. The van der Waals surface area contributed by atoms with E-state index in [4.69, 9.17) is 0 Å². The molecular formula is C3H5N2P. The monoisotopic (exact) mass is 100 g/mol. The standard InChI is InChI=1S/C3H5N2P/c1-3-2-4-6-5-3/h2H,1H3,(H,4,5). The van der Waals surface area contributed by atoms with Crippen molar-refractivity contribution in [3.63, 3.8) is 0 Å². The molecule has 0 aliphatic carbocycles. The predicted octanol–water partition coefficient (Wildman–Crippen LogP) is 1.30. The molecule has 3 heteroatoms. The lowest BCUT2D eigenvalue weighted by Gasteiger charge is -1.63. The summed E-state index contributed by atoms with van der Waals surface area (Å²) in [5.74, 6) is 0. The summed E-state index contributed by atoms with van der Waals surface area (Å²) < 4.78 is 6.87. The summed E-state index contributed by atoms with van der Waals surface area (Å²) in [6, 6.07) is 0.